The van der Waals surface area contributed by atoms with Crippen LogP contribution >= 0.6 is 0 Å². The molecule has 0 N–H and O–H groups in total. The molecule has 0 bridgehead atoms. The third kappa shape index (κ3) is 2.65. The van der Waals surface area contributed by atoms with Gasteiger partial charge in [0, 0.05) is 28.8 Å². The van der Waals surface area contributed by atoms with Crippen molar-refractivity contribution in [3.05, 3.63) is 126 Å². The maximum atomic E-state index is 4.41. The Labute approximate surface area is 234 Å². The lowest BCUT2D eigenvalue weighted by molar-refractivity contribution is 0.630. The van der Waals surface area contributed by atoms with Gasteiger partial charge in [-0.1, -0.05) is 76.2 Å². The van der Waals surface area contributed by atoms with E-state index in [9.17, 15) is 0 Å². The molecular formula is C39H29N. The Morgan fingerprint density at radius 3 is 1.40 bits per heavy atom. The minimum absolute atomic E-state index is 0.0744. The number of aromatic nitrogens is 1. The van der Waals surface area contributed by atoms with E-state index >= 15 is 0 Å². The highest BCUT2D eigenvalue weighted by molar-refractivity contribution is 6.23. The average Bonchev–Trinajstić information content (AvgIpc) is 3.35. The fourth-order valence-corrected chi connectivity index (χ4v) is 7.87. The van der Waals surface area contributed by atoms with Crippen LogP contribution in [-0.4, -0.2) is 4.98 Å². The van der Waals surface area contributed by atoms with Crippen LogP contribution in [0.5, 0.6) is 0 Å². The number of nitrogens with zero attached hydrogens (tertiary/aromatic N) is 1. The van der Waals surface area contributed by atoms with E-state index < -0.39 is 0 Å². The highest BCUT2D eigenvalue weighted by atomic mass is 14.6. The van der Waals surface area contributed by atoms with Gasteiger partial charge in [0.1, 0.15) is 0 Å². The molecule has 0 saturated heterocycles. The molecule has 0 atom stereocenters. The van der Waals surface area contributed by atoms with Crippen LogP contribution in [0.1, 0.15) is 49.9 Å². The minimum atomic E-state index is -0.0744. The van der Waals surface area contributed by atoms with Crippen molar-refractivity contribution in [3.8, 4) is 33.4 Å². The highest BCUT2D eigenvalue weighted by Crippen LogP contribution is 2.62. The molecule has 40 heavy (non-hydrogen) atoms. The Kier molecular flexibility index (Phi) is 4.01. The predicted octanol–water partition coefficient (Wildman–Crippen LogP) is 10.3. The van der Waals surface area contributed by atoms with Gasteiger partial charge in [0.25, 0.3) is 0 Å². The molecule has 0 saturated carbocycles. The molecule has 1 aromatic heterocycles. The van der Waals surface area contributed by atoms with E-state index in [1.807, 2.05) is 18.5 Å². The van der Waals surface area contributed by atoms with Crippen LogP contribution in [-0.2, 0) is 10.8 Å². The summed E-state index contributed by atoms with van der Waals surface area (Å²) in [5, 5.41) is 8.03. The smallest absolute Gasteiger partial charge is 0.0346 e. The van der Waals surface area contributed by atoms with Crippen molar-refractivity contribution in [1.29, 1.82) is 0 Å². The van der Waals surface area contributed by atoms with Gasteiger partial charge in [-0.3, -0.25) is 4.98 Å². The molecule has 190 valence electrons. The number of hydrogen-bond donors (Lipinski definition) is 0. The quantitative estimate of drug-likeness (QED) is 0.210. The number of benzene rings is 6. The SMILES string of the molecule is CC1(C)c2cc(-c3cccnc3)cc3c2-c2c1cc(-c1cc4ccc5cccc6ccc(c1)c4c56)cc2C3(C)C. The summed E-state index contributed by atoms with van der Waals surface area (Å²) in [6.07, 6.45) is 3.84. The molecule has 1 heteroatoms. The first-order valence-corrected chi connectivity index (χ1v) is 14.3. The molecule has 1 nitrogen and oxygen atoms in total. The monoisotopic (exact) mass is 511 g/mol. The van der Waals surface area contributed by atoms with Crippen molar-refractivity contribution in [3.63, 3.8) is 0 Å². The number of pyridine rings is 1. The van der Waals surface area contributed by atoms with Crippen LogP contribution < -0.4 is 0 Å². The van der Waals surface area contributed by atoms with Crippen LogP contribution in [0.15, 0.2) is 103 Å². The molecule has 1 heterocycles. The summed E-state index contributed by atoms with van der Waals surface area (Å²) >= 11 is 0. The second-order valence-corrected chi connectivity index (χ2v) is 12.9. The molecule has 0 unspecified atom stereocenters. The van der Waals surface area contributed by atoms with Gasteiger partial charge in [0.05, 0.1) is 0 Å². The summed E-state index contributed by atoms with van der Waals surface area (Å²) in [5.41, 5.74) is 13.6. The maximum absolute atomic E-state index is 4.41. The Morgan fingerprint density at radius 2 is 0.900 bits per heavy atom. The molecule has 0 radical (unpaired) electrons. The van der Waals surface area contributed by atoms with Crippen LogP contribution in [0.4, 0.5) is 0 Å². The first-order valence-electron chi connectivity index (χ1n) is 14.3. The summed E-state index contributed by atoms with van der Waals surface area (Å²) in [7, 11) is 0. The van der Waals surface area contributed by atoms with Crippen LogP contribution in [0, 0.1) is 0 Å². The zero-order chi connectivity index (χ0) is 27.0. The Hall–Kier alpha value is -4.49. The highest BCUT2D eigenvalue weighted by Gasteiger charge is 2.47. The maximum Gasteiger partial charge on any atom is 0.0346 e. The van der Waals surface area contributed by atoms with E-state index in [1.165, 1.54) is 88.0 Å². The minimum Gasteiger partial charge on any atom is -0.264 e. The molecule has 6 aromatic carbocycles. The van der Waals surface area contributed by atoms with Gasteiger partial charge in [-0.15, -0.1) is 0 Å². The molecule has 0 amide bonds. The molecule has 9 rings (SSSR count). The van der Waals surface area contributed by atoms with Crippen LogP contribution in [0.3, 0.4) is 0 Å². The lowest BCUT2D eigenvalue weighted by atomic mass is 9.73. The van der Waals surface area contributed by atoms with Gasteiger partial charge < -0.3 is 0 Å². The molecule has 0 aliphatic heterocycles. The summed E-state index contributed by atoms with van der Waals surface area (Å²) in [5.74, 6) is 0. The third-order valence-electron chi connectivity index (χ3n) is 10.0. The van der Waals surface area contributed by atoms with Gasteiger partial charge in [0.15, 0.2) is 0 Å². The Balaban J connectivity index is 1.29. The van der Waals surface area contributed by atoms with Crippen molar-refractivity contribution in [2.45, 2.75) is 38.5 Å². The molecule has 2 aliphatic carbocycles. The first-order chi connectivity index (χ1) is 19.3. The third-order valence-corrected chi connectivity index (χ3v) is 10.0. The van der Waals surface area contributed by atoms with Gasteiger partial charge in [-0.25, -0.2) is 0 Å². The molecule has 2 aliphatic rings. The van der Waals surface area contributed by atoms with Gasteiger partial charge in [-0.2, -0.15) is 0 Å². The second-order valence-electron chi connectivity index (χ2n) is 12.9. The summed E-state index contributed by atoms with van der Waals surface area (Å²) < 4.78 is 0. The van der Waals surface area contributed by atoms with Crippen molar-refractivity contribution in [1.82, 2.24) is 4.98 Å². The standard InChI is InChI=1S/C39H29N/c1-38(2)30-17-28(26-9-6-14-40-21-26)18-31-36(30)37-32(38)19-29(20-33(37)39(31,3)4)27-15-24-12-10-22-7-5-8-23-11-13-25(16-27)35(24)34(22)23/h5-21H,1-4H3. The van der Waals surface area contributed by atoms with Gasteiger partial charge >= 0.3 is 0 Å². The van der Waals surface area contributed by atoms with Crippen molar-refractivity contribution in [2.75, 3.05) is 0 Å². The number of hydrogen-bond acceptors (Lipinski definition) is 1. The van der Waals surface area contributed by atoms with E-state index in [1.54, 1.807) is 0 Å². The van der Waals surface area contributed by atoms with Crippen molar-refractivity contribution < 1.29 is 0 Å². The van der Waals surface area contributed by atoms with E-state index in [2.05, 4.69) is 118 Å². The summed E-state index contributed by atoms with van der Waals surface area (Å²) in [4.78, 5) is 4.41. The van der Waals surface area contributed by atoms with Crippen LogP contribution in [0.25, 0.3) is 65.7 Å². The van der Waals surface area contributed by atoms with Crippen molar-refractivity contribution in [2.24, 2.45) is 0 Å². The normalized spacial score (nSPS) is 15.9. The van der Waals surface area contributed by atoms with E-state index in [-0.39, 0.29) is 10.8 Å². The van der Waals surface area contributed by atoms with E-state index in [4.69, 9.17) is 0 Å². The second kappa shape index (κ2) is 7.17. The van der Waals surface area contributed by atoms with Gasteiger partial charge in [-0.05, 0) is 125 Å². The molecule has 0 fully saturated rings. The van der Waals surface area contributed by atoms with Crippen molar-refractivity contribution >= 4 is 32.3 Å². The van der Waals surface area contributed by atoms with Crippen LogP contribution in [0.2, 0.25) is 0 Å². The summed E-state index contributed by atoms with van der Waals surface area (Å²) in [6.45, 7) is 9.61. The fourth-order valence-electron chi connectivity index (χ4n) is 7.87. The fraction of sp³-hybridized carbons (Fsp3) is 0.154. The zero-order valence-corrected chi connectivity index (χ0v) is 23.3. The number of rotatable bonds is 2. The lowest BCUT2D eigenvalue weighted by Crippen LogP contribution is -2.21. The molecular weight excluding hydrogens is 482 g/mol. The van der Waals surface area contributed by atoms with E-state index in [0.717, 1.165) is 0 Å². The topological polar surface area (TPSA) is 12.9 Å². The lowest BCUT2D eigenvalue weighted by Gasteiger charge is -2.30. The average molecular weight is 512 g/mol. The first kappa shape index (κ1) is 22.3. The zero-order valence-electron chi connectivity index (χ0n) is 23.3. The predicted molar refractivity (Wildman–Crippen MR) is 169 cm³/mol. The Bertz CT molecular complexity index is 2080. The van der Waals surface area contributed by atoms with E-state index in [0.29, 0.717) is 0 Å². The summed E-state index contributed by atoms with van der Waals surface area (Å²) in [6, 6.07) is 34.6. The molecule has 0 spiro atoms. The largest absolute Gasteiger partial charge is 0.264 e. The molecule has 7 aromatic rings. The Morgan fingerprint density at radius 1 is 0.450 bits per heavy atom. The van der Waals surface area contributed by atoms with Gasteiger partial charge in [0.2, 0.25) is 0 Å².